The molecule has 21 heavy (non-hydrogen) atoms. The standard InChI is InChI=1S/C14H18F3NO3/c1-3-13(20,4-2)9-18-12(19)10-5-7-11(8-6-10)21-14(15,16)17/h5-8,20H,3-4,9H2,1-2H3,(H,18,19). The molecule has 0 aliphatic heterocycles. The van der Waals surface area contributed by atoms with E-state index in [4.69, 9.17) is 0 Å². The van der Waals surface area contributed by atoms with Crippen LogP contribution in [-0.2, 0) is 0 Å². The number of hydrogen-bond acceptors (Lipinski definition) is 3. The second kappa shape index (κ2) is 6.80. The highest BCUT2D eigenvalue weighted by Crippen LogP contribution is 2.22. The minimum atomic E-state index is -4.76. The molecule has 4 nitrogen and oxygen atoms in total. The summed E-state index contributed by atoms with van der Waals surface area (Å²) in [5.41, 5.74) is -0.784. The Balaban J connectivity index is 2.63. The summed E-state index contributed by atoms with van der Waals surface area (Å²) in [5.74, 6) is -0.855. The number of hydrogen-bond donors (Lipinski definition) is 2. The third kappa shape index (κ3) is 5.63. The SMILES string of the molecule is CCC(O)(CC)CNC(=O)c1ccc(OC(F)(F)F)cc1. The zero-order valence-electron chi connectivity index (χ0n) is 11.8. The second-order valence-corrected chi connectivity index (χ2v) is 4.69. The Labute approximate surface area is 120 Å². The summed E-state index contributed by atoms with van der Waals surface area (Å²) in [4.78, 5) is 11.8. The van der Waals surface area contributed by atoms with Gasteiger partial charge >= 0.3 is 6.36 Å². The van der Waals surface area contributed by atoms with Crippen molar-refractivity contribution in [2.75, 3.05) is 6.54 Å². The van der Waals surface area contributed by atoms with Crippen LogP contribution in [0.1, 0.15) is 37.0 Å². The van der Waals surface area contributed by atoms with Gasteiger partial charge < -0.3 is 15.2 Å². The summed E-state index contributed by atoms with van der Waals surface area (Å²) in [6.07, 6.45) is -3.78. The molecule has 1 amide bonds. The maximum absolute atomic E-state index is 12.0. The summed E-state index contributed by atoms with van der Waals surface area (Å²) in [7, 11) is 0. The van der Waals surface area contributed by atoms with E-state index < -0.39 is 23.6 Å². The molecule has 0 aliphatic carbocycles. The first-order valence-corrected chi connectivity index (χ1v) is 6.55. The average Bonchev–Trinajstić information content (AvgIpc) is 2.43. The molecule has 0 heterocycles. The molecule has 0 saturated carbocycles. The fourth-order valence-corrected chi connectivity index (χ4v) is 1.65. The van der Waals surface area contributed by atoms with Crippen molar-refractivity contribution >= 4 is 5.91 Å². The Kier molecular flexibility index (Phi) is 5.60. The molecular weight excluding hydrogens is 287 g/mol. The zero-order chi connectivity index (χ0) is 16.1. The third-order valence-electron chi connectivity index (χ3n) is 3.24. The van der Waals surface area contributed by atoms with E-state index in [1.54, 1.807) is 13.8 Å². The number of carbonyl (C=O) groups excluding carboxylic acids is 1. The molecule has 0 saturated heterocycles. The lowest BCUT2D eigenvalue weighted by Crippen LogP contribution is -2.42. The van der Waals surface area contributed by atoms with Crippen LogP contribution in [0.3, 0.4) is 0 Å². The van der Waals surface area contributed by atoms with E-state index in [2.05, 4.69) is 10.1 Å². The number of ether oxygens (including phenoxy) is 1. The number of rotatable bonds is 6. The molecule has 0 radical (unpaired) electrons. The van der Waals surface area contributed by atoms with Crippen molar-refractivity contribution in [1.82, 2.24) is 5.32 Å². The first kappa shape index (κ1) is 17.3. The van der Waals surface area contributed by atoms with E-state index in [1.165, 1.54) is 12.1 Å². The van der Waals surface area contributed by atoms with Crippen LogP contribution >= 0.6 is 0 Å². The summed E-state index contributed by atoms with van der Waals surface area (Å²) in [6.45, 7) is 3.69. The molecule has 0 fully saturated rings. The van der Waals surface area contributed by atoms with E-state index in [9.17, 15) is 23.1 Å². The van der Waals surface area contributed by atoms with E-state index in [0.717, 1.165) is 12.1 Å². The number of carbonyl (C=O) groups is 1. The van der Waals surface area contributed by atoms with E-state index >= 15 is 0 Å². The zero-order valence-corrected chi connectivity index (χ0v) is 11.8. The van der Waals surface area contributed by atoms with Crippen LogP contribution < -0.4 is 10.1 Å². The highest BCUT2D eigenvalue weighted by molar-refractivity contribution is 5.94. The lowest BCUT2D eigenvalue weighted by Gasteiger charge is -2.25. The maximum Gasteiger partial charge on any atom is 0.573 e. The number of alkyl halides is 3. The molecule has 1 aromatic rings. The van der Waals surface area contributed by atoms with Gasteiger partial charge in [-0.2, -0.15) is 0 Å². The van der Waals surface area contributed by atoms with Gasteiger partial charge in [-0.15, -0.1) is 13.2 Å². The van der Waals surface area contributed by atoms with Gasteiger partial charge in [0, 0.05) is 12.1 Å². The second-order valence-electron chi connectivity index (χ2n) is 4.69. The van der Waals surface area contributed by atoms with Crippen molar-refractivity contribution in [3.05, 3.63) is 29.8 Å². The molecular formula is C14H18F3NO3. The van der Waals surface area contributed by atoms with Crippen LogP contribution in [0.2, 0.25) is 0 Å². The number of benzene rings is 1. The molecule has 1 rings (SSSR count). The maximum atomic E-state index is 12.0. The van der Waals surface area contributed by atoms with Crippen LogP contribution in [-0.4, -0.2) is 29.5 Å². The van der Waals surface area contributed by atoms with Gasteiger partial charge in [0.1, 0.15) is 5.75 Å². The summed E-state index contributed by atoms with van der Waals surface area (Å²) in [5, 5.41) is 12.6. The number of amides is 1. The van der Waals surface area contributed by atoms with Gasteiger partial charge in [-0.3, -0.25) is 4.79 Å². The predicted molar refractivity (Wildman–Crippen MR) is 71.0 cm³/mol. The van der Waals surface area contributed by atoms with E-state index in [1.807, 2.05) is 0 Å². The van der Waals surface area contributed by atoms with E-state index in [0.29, 0.717) is 12.8 Å². The highest BCUT2D eigenvalue weighted by atomic mass is 19.4. The van der Waals surface area contributed by atoms with E-state index in [-0.39, 0.29) is 12.1 Å². The summed E-state index contributed by atoms with van der Waals surface area (Å²) in [6, 6.07) is 4.59. The largest absolute Gasteiger partial charge is 0.573 e. The molecule has 118 valence electrons. The molecule has 2 N–H and O–H groups in total. The normalized spacial score (nSPS) is 12.1. The van der Waals surface area contributed by atoms with Gasteiger partial charge in [0.25, 0.3) is 5.91 Å². The van der Waals surface area contributed by atoms with Gasteiger partial charge in [0.05, 0.1) is 5.60 Å². The quantitative estimate of drug-likeness (QED) is 0.849. The topological polar surface area (TPSA) is 58.6 Å². The van der Waals surface area contributed by atoms with Gasteiger partial charge in [-0.1, -0.05) is 13.8 Å². The van der Waals surface area contributed by atoms with Crippen LogP contribution in [0.5, 0.6) is 5.75 Å². The Bertz CT molecular complexity index is 467. The fourth-order valence-electron chi connectivity index (χ4n) is 1.65. The average molecular weight is 305 g/mol. The molecule has 0 aliphatic rings. The van der Waals surface area contributed by atoms with Crippen LogP contribution in [0.25, 0.3) is 0 Å². The van der Waals surface area contributed by atoms with Crippen molar-refractivity contribution < 1.29 is 27.8 Å². The predicted octanol–water partition coefficient (Wildman–Crippen LogP) is 2.87. The molecule has 0 bridgehead atoms. The van der Waals surface area contributed by atoms with Crippen molar-refractivity contribution in [2.24, 2.45) is 0 Å². The summed E-state index contributed by atoms with van der Waals surface area (Å²) >= 11 is 0. The van der Waals surface area contributed by atoms with Crippen molar-refractivity contribution in [1.29, 1.82) is 0 Å². The first-order valence-electron chi connectivity index (χ1n) is 6.55. The summed E-state index contributed by atoms with van der Waals surface area (Å²) < 4.78 is 39.7. The monoisotopic (exact) mass is 305 g/mol. The lowest BCUT2D eigenvalue weighted by atomic mass is 9.97. The Morgan fingerprint density at radius 3 is 2.14 bits per heavy atom. The first-order chi connectivity index (χ1) is 9.69. The van der Waals surface area contributed by atoms with Crippen molar-refractivity contribution in [3.63, 3.8) is 0 Å². The number of halogens is 3. The molecule has 0 atom stereocenters. The fraction of sp³-hybridized carbons (Fsp3) is 0.500. The Hall–Kier alpha value is -1.76. The van der Waals surface area contributed by atoms with Crippen LogP contribution in [0.15, 0.2) is 24.3 Å². The molecule has 0 spiro atoms. The van der Waals surface area contributed by atoms with Gasteiger partial charge in [-0.25, -0.2) is 0 Å². The van der Waals surface area contributed by atoms with Crippen LogP contribution in [0, 0.1) is 0 Å². The smallest absolute Gasteiger partial charge is 0.406 e. The third-order valence-corrected chi connectivity index (χ3v) is 3.24. The van der Waals surface area contributed by atoms with Gasteiger partial charge in [-0.05, 0) is 37.1 Å². The lowest BCUT2D eigenvalue weighted by molar-refractivity contribution is -0.274. The van der Waals surface area contributed by atoms with Crippen molar-refractivity contribution in [3.8, 4) is 5.75 Å². The molecule has 1 aromatic carbocycles. The number of nitrogens with one attached hydrogen (secondary N) is 1. The minimum Gasteiger partial charge on any atom is -0.406 e. The van der Waals surface area contributed by atoms with Crippen LogP contribution in [0.4, 0.5) is 13.2 Å². The van der Waals surface area contributed by atoms with Gasteiger partial charge in [0.2, 0.25) is 0 Å². The van der Waals surface area contributed by atoms with Gasteiger partial charge in [0.15, 0.2) is 0 Å². The highest BCUT2D eigenvalue weighted by Gasteiger charge is 2.31. The Morgan fingerprint density at radius 2 is 1.71 bits per heavy atom. The molecule has 0 unspecified atom stereocenters. The molecule has 0 aromatic heterocycles. The molecule has 7 heteroatoms. The van der Waals surface area contributed by atoms with Crippen molar-refractivity contribution in [2.45, 2.75) is 38.7 Å². The Morgan fingerprint density at radius 1 is 1.19 bits per heavy atom. The minimum absolute atomic E-state index is 0.0830. The number of aliphatic hydroxyl groups is 1.